The predicted molar refractivity (Wildman–Crippen MR) is 164 cm³/mol. The van der Waals surface area contributed by atoms with E-state index >= 15 is 0 Å². The SMILES string of the molecule is CCOC(=O)N=[S-](=O)c1cccc(Nc2ncc(-c3ccc(NS(=O)(=O)c4ccccc4)cc3)c(NC(C)CN=O)n2)c1. The van der Waals surface area contributed by atoms with Gasteiger partial charge in [0.2, 0.25) is 5.95 Å². The fraction of sp³-hybridized carbons (Fsp3) is 0.179. The largest absolute Gasteiger partial charge is 0.450 e. The van der Waals surface area contributed by atoms with E-state index in [4.69, 9.17) is 4.74 Å². The number of hydrogen-bond acceptors (Lipinski definition) is 12. The van der Waals surface area contributed by atoms with Gasteiger partial charge in [0.1, 0.15) is 12.4 Å². The quantitative estimate of drug-likeness (QED) is 0.127. The van der Waals surface area contributed by atoms with Crippen LogP contribution in [-0.2, 0) is 29.6 Å². The summed E-state index contributed by atoms with van der Waals surface area (Å²) in [5.74, 6) is 0.582. The Bertz CT molecular complexity index is 1780. The predicted octanol–water partition coefficient (Wildman–Crippen LogP) is 5.92. The van der Waals surface area contributed by atoms with Gasteiger partial charge in [0.05, 0.1) is 11.5 Å². The summed E-state index contributed by atoms with van der Waals surface area (Å²) >= 11 is 0. The maximum Gasteiger partial charge on any atom is 0.410 e. The third kappa shape index (κ3) is 8.56. The second-order valence-corrected chi connectivity index (χ2v) is 11.8. The number of amides is 1. The van der Waals surface area contributed by atoms with Gasteiger partial charge < -0.3 is 19.6 Å². The fourth-order valence-corrected chi connectivity index (χ4v) is 5.56. The highest BCUT2D eigenvalue weighted by Crippen LogP contribution is 2.30. The van der Waals surface area contributed by atoms with Crippen LogP contribution in [0.15, 0.2) is 104 Å². The molecule has 1 unspecified atom stereocenters. The first-order valence-corrected chi connectivity index (χ1v) is 15.6. The van der Waals surface area contributed by atoms with Gasteiger partial charge in [-0.2, -0.15) is 9.89 Å². The Kier molecular flexibility index (Phi) is 10.3. The number of carbonyl (C=O) groups is 1. The maximum absolute atomic E-state index is 12.7. The second-order valence-electron chi connectivity index (χ2n) is 9.00. The number of anilines is 4. The highest BCUT2D eigenvalue weighted by Gasteiger charge is 2.16. The number of carbonyl (C=O) groups excluding carboxylic acids is 1. The average Bonchev–Trinajstić information content (AvgIpc) is 2.98. The fourth-order valence-electron chi connectivity index (χ4n) is 3.77. The van der Waals surface area contributed by atoms with Crippen molar-refractivity contribution in [1.82, 2.24) is 9.97 Å². The zero-order valence-electron chi connectivity index (χ0n) is 23.1. The van der Waals surface area contributed by atoms with Crippen molar-refractivity contribution in [1.29, 1.82) is 0 Å². The molecule has 13 nitrogen and oxygen atoms in total. The number of nitroso groups, excluding NO2 is 1. The lowest BCUT2D eigenvalue weighted by atomic mass is 10.1. The van der Waals surface area contributed by atoms with Crippen LogP contribution in [0.3, 0.4) is 0 Å². The van der Waals surface area contributed by atoms with Crippen molar-refractivity contribution in [2.24, 2.45) is 9.54 Å². The number of hydrogen-bond donors (Lipinski definition) is 3. The molecule has 15 heteroatoms. The van der Waals surface area contributed by atoms with Crippen LogP contribution in [0.2, 0.25) is 0 Å². The van der Waals surface area contributed by atoms with E-state index in [-0.39, 0.29) is 34.9 Å². The van der Waals surface area contributed by atoms with Gasteiger partial charge in [-0.1, -0.05) is 58.6 Å². The lowest BCUT2D eigenvalue weighted by Crippen LogP contribution is -2.20. The molecule has 3 N–H and O–H groups in total. The van der Waals surface area contributed by atoms with Crippen LogP contribution in [0.5, 0.6) is 0 Å². The Morgan fingerprint density at radius 3 is 2.47 bits per heavy atom. The van der Waals surface area contributed by atoms with Crippen molar-refractivity contribution in [3.05, 3.63) is 90.0 Å². The first-order valence-electron chi connectivity index (χ1n) is 13.0. The van der Waals surface area contributed by atoms with Gasteiger partial charge in [-0.15, -0.1) is 10.6 Å². The Hall–Kier alpha value is -4.89. The molecule has 4 rings (SSSR count). The molecule has 0 saturated carbocycles. The van der Waals surface area contributed by atoms with Crippen molar-refractivity contribution in [3.63, 3.8) is 0 Å². The molecular weight excluding hydrogens is 594 g/mol. The van der Waals surface area contributed by atoms with Gasteiger partial charge in [-0.25, -0.2) is 18.2 Å². The van der Waals surface area contributed by atoms with Crippen LogP contribution in [0.25, 0.3) is 11.1 Å². The third-order valence-electron chi connectivity index (χ3n) is 5.74. The van der Waals surface area contributed by atoms with E-state index in [2.05, 4.69) is 34.9 Å². The molecule has 1 atom stereocenters. The number of ether oxygens (including phenoxy) is 1. The zero-order chi connectivity index (χ0) is 30.8. The Labute approximate surface area is 250 Å². The maximum atomic E-state index is 12.7. The van der Waals surface area contributed by atoms with Crippen LogP contribution in [0.1, 0.15) is 13.8 Å². The van der Waals surface area contributed by atoms with E-state index in [0.29, 0.717) is 28.3 Å². The number of rotatable bonds is 12. The minimum Gasteiger partial charge on any atom is -0.450 e. The van der Waals surface area contributed by atoms with E-state index in [1.54, 1.807) is 80.7 Å². The highest BCUT2D eigenvalue weighted by molar-refractivity contribution is 7.92. The Morgan fingerprint density at radius 1 is 1.02 bits per heavy atom. The van der Waals surface area contributed by atoms with Crippen LogP contribution >= 0.6 is 0 Å². The molecule has 0 spiro atoms. The zero-order valence-corrected chi connectivity index (χ0v) is 24.8. The van der Waals surface area contributed by atoms with Crippen LogP contribution in [-0.4, -0.2) is 43.7 Å². The molecule has 1 aromatic heterocycles. The standard InChI is InChI=1S/C28H28N7O6S2/c1-3-41-28(36)34-42(38)23-9-7-8-22(16-23)32-27-29-18-25(26(33-27)31-19(2)17-30-37)20-12-14-21(15-13-20)35-43(39,40)24-10-5-4-6-11-24/h4-16,18-19,35H,3,17H2,1-2H3,(H2,29,31,32,33)/q-1. The Balaban J connectivity index is 1.59. The molecule has 0 aliphatic heterocycles. The van der Waals surface area contributed by atoms with Gasteiger partial charge in [-0.05, 0) is 49.7 Å². The molecule has 0 fully saturated rings. The Morgan fingerprint density at radius 2 is 1.77 bits per heavy atom. The molecule has 43 heavy (non-hydrogen) atoms. The molecule has 0 aliphatic carbocycles. The van der Waals surface area contributed by atoms with Crippen LogP contribution in [0, 0.1) is 4.91 Å². The molecule has 224 valence electrons. The molecule has 1 heterocycles. The lowest BCUT2D eigenvalue weighted by molar-refractivity contribution is 0.164. The summed E-state index contributed by atoms with van der Waals surface area (Å²) in [4.78, 5) is 31.8. The molecule has 1 amide bonds. The van der Waals surface area contributed by atoms with Crippen LogP contribution < -0.4 is 15.4 Å². The summed E-state index contributed by atoms with van der Waals surface area (Å²) in [5, 5.41) is 9.14. The molecule has 4 aromatic rings. The number of nitrogens with one attached hydrogen (secondary N) is 3. The summed E-state index contributed by atoms with van der Waals surface area (Å²) in [5.41, 5.74) is 2.12. The van der Waals surface area contributed by atoms with E-state index in [9.17, 15) is 22.3 Å². The summed E-state index contributed by atoms with van der Waals surface area (Å²) in [6.07, 6.45) is 0.648. The summed E-state index contributed by atoms with van der Waals surface area (Å²) in [6, 6.07) is 20.8. The van der Waals surface area contributed by atoms with Crippen molar-refractivity contribution < 1.29 is 22.2 Å². The van der Waals surface area contributed by atoms with Crippen LogP contribution in [0.4, 0.5) is 27.9 Å². The smallest absolute Gasteiger partial charge is 0.410 e. The van der Waals surface area contributed by atoms with Crippen molar-refractivity contribution in [3.8, 4) is 11.1 Å². The van der Waals surface area contributed by atoms with Gasteiger partial charge in [0, 0.05) is 29.2 Å². The van der Waals surface area contributed by atoms with E-state index in [0.717, 1.165) is 0 Å². The lowest BCUT2D eigenvalue weighted by Gasteiger charge is -2.17. The van der Waals surface area contributed by atoms with Gasteiger partial charge in [0.25, 0.3) is 10.0 Å². The molecule has 0 saturated heterocycles. The van der Waals surface area contributed by atoms with Crippen molar-refractivity contribution >= 4 is 49.9 Å². The van der Waals surface area contributed by atoms with E-state index < -0.39 is 26.7 Å². The van der Waals surface area contributed by atoms with Crippen molar-refractivity contribution in [2.45, 2.75) is 29.7 Å². The summed E-state index contributed by atoms with van der Waals surface area (Å²) < 4.78 is 48.6. The van der Waals surface area contributed by atoms with Gasteiger partial charge >= 0.3 is 6.09 Å². The highest BCUT2D eigenvalue weighted by atomic mass is 32.2. The third-order valence-corrected chi connectivity index (χ3v) is 8.11. The topological polar surface area (TPSA) is 181 Å². The molecule has 0 aliphatic rings. The minimum atomic E-state index is -3.76. The molecular formula is C28H28N7O6S2-. The summed E-state index contributed by atoms with van der Waals surface area (Å²) in [7, 11) is -5.73. The first-order chi connectivity index (χ1) is 20.7. The molecule has 0 bridgehead atoms. The number of nitrogens with zero attached hydrogens (tertiary/aromatic N) is 4. The number of aromatic nitrogens is 2. The normalized spacial score (nSPS) is 12.6. The molecule has 3 aromatic carbocycles. The van der Waals surface area contributed by atoms with Gasteiger partial charge in [-0.3, -0.25) is 9.08 Å². The summed E-state index contributed by atoms with van der Waals surface area (Å²) in [6.45, 7) is 3.50. The average molecular weight is 623 g/mol. The second kappa shape index (κ2) is 14.3. The minimum absolute atomic E-state index is 0.00969. The van der Waals surface area contributed by atoms with Gasteiger partial charge in [0.15, 0.2) is 0 Å². The monoisotopic (exact) mass is 622 g/mol. The number of benzene rings is 3. The molecule has 0 radical (unpaired) electrons. The van der Waals surface area contributed by atoms with E-state index in [1.807, 2.05) is 0 Å². The van der Waals surface area contributed by atoms with E-state index in [1.165, 1.54) is 18.2 Å². The van der Waals surface area contributed by atoms with Crippen molar-refractivity contribution in [2.75, 3.05) is 28.5 Å². The number of sulfonamides is 1. The first kappa shape index (κ1) is 31.1.